The van der Waals surface area contributed by atoms with Gasteiger partial charge in [0.05, 0.1) is 5.34 Å². The van der Waals surface area contributed by atoms with Crippen LogP contribution in [0.4, 0.5) is 0 Å². The van der Waals surface area contributed by atoms with Crippen LogP contribution in [0.5, 0.6) is 0 Å². The van der Waals surface area contributed by atoms with Crippen molar-refractivity contribution in [1.82, 2.24) is 0 Å². The number of rotatable bonds is 0. The van der Waals surface area contributed by atoms with Gasteiger partial charge in [0, 0.05) is 0 Å². The fraction of sp³-hybridized carbons (Fsp3) is 0.750. The van der Waals surface area contributed by atoms with Gasteiger partial charge in [-0.1, -0.05) is 11.6 Å². The van der Waals surface area contributed by atoms with Crippen molar-refractivity contribution in [2.75, 3.05) is 5.34 Å². The van der Waals surface area contributed by atoms with E-state index in [0.29, 0.717) is 0 Å². The number of alkyl halides is 2. The quantitative estimate of drug-likeness (QED) is 0.394. The third-order valence-corrected chi connectivity index (χ3v) is 2.16. The van der Waals surface area contributed by atoms with E-state index in [2.05, 4.69) is 6.08 Å². The second-order valence-corrected chi connectivity index (χ2v) is 3.62. The smallest absolute Gasteiger partial charge is 0.0967 e. The lowest BCUT2D eigenvalue weighted by Crippen LogP contribution is -1.85. The Kier molecular flexibility index (Phi) is 3.58. The lowest BCUT2D eigenvalue weighted by Gasteiger charge is -1.98. The van der Waals surface area contributed by atoms with Crippen LogP contribution in [-0.4, -0.2) is 5.34 Å². The predicted octanol–water partition coefficient (Wildman–Crippen LogP) is 3.54. The van der Waals surface area contributed by atoms with Crippen molar-refractivity contribution in [2.24, 2.45) is 5.92 Å². The van der Waals surface area contributed by atoms with Crippen LogP contribution in [0.1, 0.15) is 25.7 Å². The minimum absolute atomic E-state index is 0.194. The molecule has 0 aromatic heterocycles. The third kappa shape index (κ3) is 2.17. The number of hydrogen-bond donors (Lipinski definition) is 0. The second-order valence-electron chi connectivity index (χ2n) is 2.81. The molecule has 1 atom stereocenters. The van der Waals surface area contributed by atoms with E-state index in [1.165, 1.54) is 25.7 Å². The van der Waals surface area contributed by atoms with Crippen LogP contribution in [-0.2, 0) is 0 Å². The molecule has 0 aromatic carbocycles. The minimum Gasteiger partial charge on any atom is -0.109 e. The van der Waals surface area contributed by atoms with Gasteiger partial charge in [0.25, 0.3) is 0 Å². The topological polar surface area (TPSA) is 0 Å². The zero-order chi connectivity index (χ0) is 7.40. The number of hydrogen-bond acceptors (Lipinski definition) is 0. The van der Waals surface area contributed by atoms with Gasteiger partial charge in [-0.05, 0) is 31.6 Å². The summed E-state index contributed by atoms with van der Waals surface area (Å²) in [5.41, 5.74) is 1.74. The molecule has 10 heavy (non-hydrogen) atoms. The van der Waals surface area contributed by atoms with Crippen LogP contribution in [0.25, 0.3) is 0 Å². The fourth-order valence-corrected chi connectivity index (χ4v) is 1.68. The average Bonchev–Trinajstić information content (AvgIpc) is 2.49. The first-order valence-corrected chi connectivity index (χ1v) is 4.73. The van der Waals surface area contributed by atoms with Gasteiger partial charge in [0.2, 0.25) is 0 Å². The predicted molar refractivity (Wildman–Crippen MR) is 46.6 cm³/mol. The van der Waals surface area contributed by atoms with Crippen LogP contribution in [0.3, 0.4) is 0 Å². The molecule has 2 bridgehead atoms. The van der Waals surface area contributed by atoms with Gasteiger partial charge < -0.3 is 0 Å². The Hall–Kier alpha value is 0.320. The van der Waals surface area contributed by atoms with E-state index in [4.69, 9.17) is 23.2 Å². The number of fused-ring (bicyclic) bond motifs is 2. The second kappa shape index (κ2) is 4.25. The fourth-order valence-electron chi connectivity index (χ4n) is 1.68. The first-order valence-electron chi connectivity index (χ1n) is 3.66. The van der Waals surface area contributed by atoms with Crippen molar-refractivity contribution in [2.45, 2.75) is 25.7 Å². The molecule has 2 aliphatic carbocycles. The number of halogens is 2. The molecule has 58 valence electrons. The van der Waals surface area contributed by atoms with Crippen molar-refractivity contribution < 1.29 is 0 Å². The summed E-state index contributed by atoms with van der Waals surface area (Å²) >= 11 is 9.53. The molecule has 0 nitrogen and oxygen atoms in total. The van der Waals surface area contributed by atoms with Crippen LogP contribution < -0.4 is 0 Å². The van der Waals surface area contributed by atoms with E-state index in [1.807, 2.05) is 0 Å². The zero-order valence-corrected chi connectivity index (χ0v) is 7.46. The highest BCUT2D eigenvalue weighted by atomic mass is 35.5. The maximum absolute atomic E-state index is 4.76. The Morgan fingerprint density at radius 1 is 1.50 bits per heavy atom. The van der Waals surface area contributed by atoms with Gasteiger partial charge in [0.1, 0.15) is 0 Å². The lowest BCUT2D eigenvalue weighted by molar-refractivity contribution is 0.576. The summed E-state index contributed by atoms with van der Waals surface area (Å²) in [5, 5.41) is 0.194. The molecular weight excluding hydrogens is 167 g/mol. The Labute approximate surface area is 72.2 Å². The van der Waals surface area contributed by atoms with Gasteiger partial charge in [-0.2, -0.15) is 0 Å². The molecule has 0 aromatic rings. The van der Waals surface area contributed by atoms with E-state index in [0.717, 1.165) is 5.92 Å². The van der Waals surface area contributed by atoms with Crippen molar-refractivity contribution in [3.63, 3.8) is 0 Å². The van der Waals surface area contributed by atoms with Crippen LogP contribution in [0.15, 0.2) is 11.6 Å². The van der Waals surface area contributed by atoms with Crippen molar-refractivity contribution in [1.29, 1.82) is 0 Å². The molecule has 2 aliphatic rings. The first kappa shape index (κ1) is 8.42. The summed E-state index contributed by atoms with van der Waals surface area (Å²) in [4.78, 5) is 0. The summed E-state index contributed by atoms with van der Waals surface area (Å²) < 4.78 is 0. The molecule has 2 rings (SSSR count). The van der Waals surface area contributed by atoms with Crippen molar-refractivity contribution in [3.05, 3.63) is 11.6 Å². The van der Waals surface area contributed by atoms with Gasteiger partial charge in [-0.15, -0.1) is 23.2 Å². The highest BCUT2D eigenvalue weighted by Crippen LogP contribution is 2.38. The molecule has 1 fully saturated rings. The molecule has 0 spiro atoms. The Morgan fingerprint density at radius 2 is 2.20 bits per heavy atom. The average molecular weight is 179 g/mol. The van der Waals surface area contributed by atoms with Crippen LogP contribution in [0.2, 0.25) is 0 Å². The zero-order valence-electron chi connectivity index (χ0n) is 5.95. The normalized spacial score (nSPS) is 27.4. The lowest BCUT2D eigenvalue weighted by atomic mass is 10.1. The standard InChI is InChI=1S/C7H10.CH2Cl2/c1-2-7-4-3-6(1)5-7;2-1-3/h1,7H,2-5H2;1H2. The Morgan fingerprint density at radius 3 is 2.30 bits per heavy atom. The Bertz CT molecular complexity index is 129. The van der Waals surface area contributed by atoms with Gasteiger partial charge in [-0.3, -0.25) is 0 Å². The summed E-state index contributed by atoms with van der Waals surface area (Å²) in [6.45, 7) is 0. The first-order chi connectivity index (χ1) is 4.86. The van der Waals surface area contributed by atoms with Gasteiger partial charge in [0.15, 0.2) is 0 Å². The molecule has 2 heteroatoms. The van der Waals surface area contributed by atoms with E-state index in [-0.39, 0.29) is 5.34 Å². The monoisotopic (exact) mass is 178 g/mol. The number of allylic oxidation sites excluding steroid dienone is 2. The molecule has 0 amide bonds. The largest absolute Gasteiger partial charge is 0.109 e. The SMILES string of the molecule is C1=C2CCC(C1)C2.ClCCl. The summed E-state index contributed by atoms with van der Waals surface area (Å²) in [5.74, 6) is 1.08. The summed E-state index contributed by atoms with van der Waals surface area (Å²) in [7, 11) is 0. The van der Waals surface area contributed by atoms with E-state index < -0.39 is 0 Å². The Balaban J connectivity index is 0.000000148. The highest BCUT2D eigenvalue weighted by Gasteiger charge is 2.22. The highest BCUT2D eigenvalue weighted by molar-refractivity contribution is 6.40. The van der Waals surface area contributed by atoms with Gasteiger partial charge >= 0.3 is 0 Å². The molecule has 0 radical (unpaired) electrons. The third-order valence-electron chi connectivity index (χ3n) is 2.16. The molecular formula is C8H12Cl2. The van der Waals surface area contributed by atoms with Crippen LogP contribution >= 0.6 is 23.2 Å². The minimum atomic E-state index is 0.194. The molecule has 0 aliphatic heterocycles. The van der Waals surface area contributed by atoms with Crippen molar-refractivity contribution in [3.8, 4) is 0 Å². The van der Waals surface area contributed by atoms with Crippen LogP contribution in [0, 0.1) is 5.92 Å². The maximum atomic E-state index is 4.76. The molecule has 0 heterocycles. The molecule has 1 unspecified atom stereocenters. The van der Waals surface area contributed by atoms with Gasteiger partial charge in [-0.25, -0.2) is 0 Å². The van der Waals surface area contributed by atoms with E-state index >= 15 is 0 Å². The molecule has 0 N–H and O–H groups in total. The van der Waals surface area contributed by atoms with E-state index in [9.17, 15) is 0 Å². The maximum Gasteiger partial charge on any atom is 0.0967 e. The molecule has 0 saturated heterocycles. The summed E-state index contributed by atoms with van der Waals surface area (Å²) in [6.07, 6.45) is 8.18. The van der Waals surface area contributed by atoms with Crippen molar-refractivity contribution >= 4 is 23.2 Å². The van der Waals surface area contributed by atoms with E-state index in [1.54, 1.807) is 5.57 Å². The molecule has 1 saturated carbocycles. The summed E-state index contributed by atoms with van der Waals surface area (Å²) in [6, 6.07) is 0.